The fraction of sp³-hybridized carbons (Fsp3) is 0.889. The van der Waals surface area contributed by atoms with Gasteiger partial charge in [-0.25, -0.2) is 4.79 Å². The lowest BCUT2D eigenvalue weighted by Crippen LogP contribution is -2.44. The Labute approximate surface area is 174 Å². The van der Waals surface area contributed by atoms with E-state index in [-0.39, 0.29) is 36.1 Å². The second-order valence-corrected chi connectivity index (χ2v) is 7.83. The normalized spacial score (nSPS) is 20.5. The lowest BCUT2D eigenvalue weighted by atomic mass is 10.2. The third-order valence-electron chi connectivity index (χ3n) is 4.09. The number of ether oxygens (including phenoxy) is 2. The van der Waals surface area contributed by atoms with Crippen LogP contribution in [0.1, 0.15) is 47.0 Å². The van der Waals surface area contributed by atoms with Crippen LogP contribution in [-0.2, 0) is 9.47 Å². The fourth-order valence-corrected chi connectivity index (χ4v) is 2.72. The van der Waals surface area contributed by atoms with E-state index in [9.17, 15) is 4.79 Å². The number of aliphatic imine (C=N–C) groups is 1. The Balaban J connectivity index is 0.00000338. The number of hydrogen-bond donors (Lipinski definition) is 2. The van der Waals surface area contributed by atoms with Crippen LogP contribution in [0.25, 0.3) is 0 Å². The molecule has 0 aromatic rings. The van der Waals surface area contributed by atoms with Crippen LogP contribution in [0, 0.1) is 5.92 Å². The van der Waals surface area contributed by atoms with Crippen LogP contribution in [0.4, 0.5) is 4.79 Å². The average Bonchev–Trinajstić information content (AvgIpc) is 3.22. The van der Waals surface area contributed by atoms with Gasteiger partial charge in [-0.05, 0) is 52.9 Å². The third-order valence-corrected chi connectivity index (χ3v) is 4.09. The van der Waals surface area contributed by atoms with Gasteiger partial charge in [0.25, 0.3) is 0 Å². The summed E-state index contributed by atoms with van der Waals surface area (Å²) in [7, 11) is 0. The van der Waals surface area contributed by atoms with Crippen molar-refractivity contribution in [3.63, 3.8) is 0 Å². The maximum atomic E-state index is 11.9. The molecule has 2 N–H and O–H groups in total. The molecule has 7 nitrogen and oxygen atoms in total. The first-order valence-corrected chi connectivity index (χ1v) is 9.48. The molecule has 0 bridgehead atoms. The highest BCUT2D eigenvalue weighted by molar-refractivity contribution is 14.0. The molecule has 2 aliphatic rings. The number of rotatable bonds is 7. The maximum absolute atomic E-state index is 11.9. The van der Waals surface area contributed by atoms with Crippen LogP contribution < -0.4 is 10.6 Å². The summed E-state index contributed by atoms with van der Waals surface area (Å²) in [5.41, 5.74) is -0.473. The number of nitrogens with zero attached hydrogens (tertiary/aromatic N) is 2. The average molecular weight is 482 g/mol. The highest BCUT2D eigenvalue weighted by atomic mass is 127. The van der Waals surface area contributed by atoms with Gasteiger partial charge in [0.05, 0.1) is 19.2 Å². The molecular weight excluding hydrogens is 447 g/mol. The fourth-order valence-electron chi connectivity index (χ4n) is 2.72. The van der Waals surface area contributed by atoms with E-state index in [0.29, 0.717) is 13.2 Å². The van der Waals surface area contributed by atoms with E-state index < -0.39 is 5.60 Å². The van der Waals surface area contributed by atoms with Crippen molar-refractivity contribution in [2.45, 2.75) is 58.6 Å². The molecule has 152 valence electrons. The van der Waals surface area contributed by atoms with Gasteiger partial charge in [0.1, 0.15) is 5.60 Å². The van der Waals surface area contributed by atoms with Gasteiger partial charge in [0.2, 0.25) is 0 Å². The summed E-state index contributed by atoms with van der Waals surface area (Å²) in [5.74, 6) is 1.68. The molecule has 0 spiro atoms. The molecule has 0 radical (unpaired) electrons. The molecular formula is C18H35IN4O3. The quantitative estimate of drug-likeness (QED) is 0.253. The number of alkyl carbamates (subject to hydrolysis) is 1. The van der Waals surface area contributed by atoms with Crippen molar-refractivity contribution in [2.24, 2.45) is 10.9 Å². The molecule has 8 heteroatoms. The van der Waals surface area contributed by atoms with Crippen molar-refractivity contribution in [2.75, 3.05) is 39.4 Å². The van der Waals surface area contributed by atoms with Crippen molar-refractivity contribution in [3.05, 3.63) is 0 Å². The molecule has 1 saturated carbocycles. The van der Waals surface area contributed by atoms with Crippen LogP contribution in [0.2, 0.25) is 0 Å². The first-order chi connectivity index (χ1) is 11.9. The zero-order valence-corrected chi connectivity index (χ0v) is 18.9. The minimum absolute atomic E-state index is 0. The molecule has 1 saturated heterocycles. The second kappa shape index (κ2) is 11.2. The van der Waals surface area contributed by atoms with Crippen molar-refractivity contribution >= 4 is 36.0 Å². The SMILES string of the molecule is CCNC(=NCCOCC1CC1)N1CCC(NC(=O)OC(C)(C)C)C1.I. The topological polar surface area (TPSA) is 75.2 Å². The van der Waals surface area contributed by atoms with Gasteiger partial charge in [-0.15, -0.1) is 24.0 Å². The number of guanidine groups is 1. The van der Waals surface area contributed by atoms with Gasteiger partial charge in [0.15, 0.2) is 5.96 Å². The zero-order valence-electron chi connectivity index (χ0n) is 16.5. The summed E-state index contributed by atoms with van der Waals surface area (Å²) in [5, 5.41) is 6.27. The van der Waals surface area contributed by atoms with E-state index in [0.717, 1.165) is 44.5 Å². The number of likely N-dealkylation sites (tertiary alicyclic amines) is 1. The van der Waals surface area contributed by atoms with Gasteiger partial charge in [0, 0.05) is 26.2 Å². The second-order valence-electron chi connectivity index (χ2n) is 7.83. The number of nitrogens with one attached hydrogen (secondary N) is 2. The predicted molar refractivity (Wildman–Crippen MR) is 114 cm³/mol. The Morgan fingerprint density at radius 1 is 1.27 bits per heavy atom. The van der Waals surface area contributed by atoms with Gasteiger partial charge < -0.3 is 25.0 Å². The van der Waals surface area contributed by atoms with Crippen LogP contribution in [0.5, 0.6) is 0 Å². The lowest BCUT2D eigenvalue weighted by molar-refractivity contribution is 0.0507. The summed E-state index contributed by atoms with van der Waals surface area (Å²) >= 11 is 0. The molecule has 1 aliphatic carbocycles. The first kappa shape index (κ1) is 23.3. The standard InChI is InChI=1S/C18H34N4O3.HI/c1-5-19-16(20-9-11-24-13-14-6-7-14)22-10-8-15(12-22)21-17(23)25-18(2,3)4;/h14-15H,5-13H2,1-4H3,(H,19,20)(H,21,23);1H. The van der Waals surface area contributed by atoms with Crippen molar-refractivity contribution < 1.29 is 14.3 Å². The number of amides is 1. The number of carbonyl (C=O) groups excluding carboxylic acids is 1. The summed E-state index contributed by atoms with van der Waals surface area (Å²) in [6, 6.07) is 0.0878. The summed E-state index contributed by atoms with van der Waals surface area (Å²) in [6.45, 7) is 12.3. The Hall–Kier alpha value is -0.770. The molecule has 2 rings (SSSR count). The Bertz CT molecular complexity index is 464. The minimum atomic E-state index is -0.473. The monoisotopic (exact) mass is 482 g/mol. The van der Waals surface area contributed by atoms with E-state index in [4.69, 9.17) is 9.47 Å². The van der Waals surface area contributed by atoms with Crippen molar-refractivity contribution in [3.8, 4) is 0 Å². The third kappa shape index (κ3) is 9.25. The molecule has 26 heavy (non-hydrogen) atoms. The number of halogens is 1. The molecule has 0 aromatic carbocycles. The van der Waals surface area contributed by atoms with Gasteiger partial charge >= 0.3 is 6.09 Å². The van der Waals surface area contributed by atoms with E-state index in [1.165, 1.54) is 12.8 Å². The van der Waals surface area contributed by atoms with Crippen LogP contribution in [-0.4, -0.2) is 68.0 Å². The predicted octanol–water partition coefficient (Wildman–Crippen LogP) is 2.60. The minimum Gasteiger partial charge on any atom is -0.444 e. The van der Waals surface area contributed by atoms with E-state index in [1.807, 2.05) is 20.8 Å². The number of hydrogen-bond acceptors (Lipinski definition) is 4. The molecule has 1 heterocycles. The van der Waals surface area contributed by atoms with Gasteiger partial charge in [-0.2, -0.15) is 0 Å². The summed E-state index contributed by atoms with van der Waals surface area (Å²) in [4.78, 5) is 18.7. The molecule has 1 unspecified atom stereocenters. The molecule has 1 atom stereocenters. The summed E-state index contributed by atoms with van der Waals surface area (Å²) in [6.07, 6.45) is 3.16. The molecule has 0 aromatic heterocycles. The number of carbonyl (C=O) groups is 1. The van der Waals surface area contributed by atoms with Crippen molar-refractivity contribution in [1.29, 1.82) is 0 Å². The van der Waals surface area contributed by atoms with Crippen molar-refractivity contribution in [1.82, 2.24) is 15.5 Å². The summed E-state index contributed by atoms with van der Waals surface area (Å²) < 4.78 is 11.0. The maximum Gasteiger partial charge on any atom is 0.407 e. The van der Waals surface area contributed by atoms with E-state index in [1.54, 1.807) is 0 Å². The van der Waals surface area contributed by atoms with Crippen LogP contribution >= 0.6 is 24.0 Å². The van der Waals surface area contributed by atoms with Crippen LogP contribution in [0.3, 0.4) is 0 Å². The Morgan fingerprint density at radius 2 is 2.00 bits per heavy atom. The highest BCUT2D eigenvalue weighted by Gasteiger charge is 2.27. The van der Waals surface area contributed by atoms with Gasteiger partial charge in [-0.3, -0.25) is 4.99 Å². The molecule has 1 aliphatic heterocycles. The van der Waals surface area contributed by atoms with Gasteiger partial charge in [-0.1, -0.05) is 0 Å². The Kier molecular flexibility index (Phi) is 9.99. The molecule has 1 amide bonds. The largest absolute Gasteiger partial charge is 0.444 e. The smallest absolute Gasteiger partial charge is 0.407 e. The zero-order chi connectivity index (χ0) is 18.3. The Morgan fingerprint density at radius 3 is 2.62 bits per heavy atom. The van der Waals surface area contributed by atoms with E-state index >= 15 is 0 Å². The van der Waals surface area contributed by atoms with E-state index in [2.05, 4.69) is 27.4 Å². The molecule has 2 fully saturated rings. The highest BCUT2D eigenvalue weighted by Crippen LogP contribution is 2.28. The first-order valence-electron chi connectivity index (χ1n) is 9.48. The lowest BCUT2D eigenvalue weighted by Gasteiger charge is -2.23. The van der Waals surface area contributed by atoms with Crippen LogP contribution in [0.15, 0.2) is 4.99 Å².